The van der Waals surface area contributed by atoms with Crippen molar-refractivity contribution in [1.82, 2.24) is 4.90 Å². The Hall–Kier alpha value is -1.42. The van der Waals surface area contributed by atoms with Crippen molar-refractivity contribution >= 4 is 5.69 Å². The summed E-state index contributed by atoms with van der Waals surface area (Å²) < 4.78 is 11.0. The van der Waals surface area contributed by atoms with E-state index in [0.717, 1.165) is 43.1 Å². The molecule has 2 aliphatic rings. The van der Waals surface area contributed by atoms with Crippen molar-refractivity contribution in [1.29, 1.82) is 0 Å². The highest BCUT2D eigenvalue weighted by Gasteiger charge is 2.33. The molecule has 0 saturated carbocycles. The van der Waals surface area contributed by atoms with Crippen LogP contribution in [0.2, 0.25) is 0 Å². The van der Waals surface area contributed by atoms with Gasteiger partial charge in [0.2, 0.25) is 0 Å². The number of methoxy groups -OCH3 is 2. The summed E-state index contributed by atoms with van der Waals surface area (Å²) in [4.78, 5) is 2.44. The molecular weight excluding hydrogens is 228 g/mol. The number of hydrogen-bond acceptors (Lipinski definition) is 4. The van der Waals surface area contributed by atoms with E-state index in [2.05, 4.69) is 23.3 Å². The van der Waals surface area contributed by atoms with Crippen LogP contribution in [0.25, 0.3) is 0 Å². The normalized spacial score (nSPS) is 22.1. The molecule has 1 aromatic rings. The molecule has 0 amide bonds. The maximum absolute atomic E-state index is 5.54. The van der Waals surface area contributed by atoms with Gasteiger partial charge in [0.1, 0.15) is 0 Å². The van der Waals surface area contributed by atoms with Crippen molar-refractivity contribution in [3.05, 3.63) is 17.2 Å². The van der Waals surface area contributed by atoms with Crippen LogP contribution in [0.5, 0.6) is 11.5 Å². The Morgan fingerprint density at radius 1 is 1.33 bits per heavy atom. The Bertz CT molecular complexity index is 473. The lowest BCUT2D eigenvalue weighted by Gasteiger charge is -2.40. The molecule has 0 aromatic heterocycles. The van der Waals surface area contributed by atoms with Gasteiger partial charge in [0.25, 0.3) is 0 Å². The van der Waals surface area contributed by atoms with Gasteiger partial charge in [0, 0.05) is 19.1 Å². The minimum atomic E-state index is 0.518. The number of likely N-dealkylation sites (N-methyl/N-ethyl adjacent to an activating group) is 1. The topological polar surface area (TPSA) is 33.7 Å². The van der Waals surface area contributed by atoms with E-state index < -0.39 is 0 Å². The van der Waals surface area contributed by atoms with Gasteiger partial charge in [-0.2, -0.15) is 0 Å². The van der Waals surface area contributed by atoms with Gasteiger partial charge in [-0.1, -0.05) is 0 Å². The first-order chi connectivity index (χ1) is 8.76. The Morgan fingerprint density at radius 3 is 2.89 bits per heavy atom. The molecule has 98 valence electrons. The van der Waals surface area contributed by atoms with Crippen molar-refractivity contribution in [3.8, 4) is 11.5 Å². The number of nitrogens with one attached hydrogen (secondary N) is 1. The number of benzene rings is 1. The van der Waals surface area contributed by atoms with Gasteiger partial charge in [0.15, 0.2) is 11.5 Å². The Balaban J connectivity index is 2.21. The van der Waals surface area contributed by atoms with Crippen LogP contribution in [-0.4, -0.2) is 39.3 Å². The first-order valence-electron chi connectivity index (χ1n) is 6.48. The number of ether oxygens (including phenoxy) is 2. The summed E-state index contributed by atoms with van der Waals surface area (Å²) in [5.41, 5.74) is 3.94. The van der Waals surface area contributed by atoms with E-state index in [1.165, 1.54) is 11.1 Å². The van der Waals surface area contributed by atoms with Gasteiger partial charge in [-0.3, -0.25) is 4.90 Å². The first-order valence-corrected chi connectivity index (χ1v) is 6.48. The Labute approximate surface area is 108 Å². The maximum atomic E-state index is 5.54. The summed E-state index contributed by atoms with van der Waals surface area (Å²) in [5.74, 6) is 1.68. The first kappa shape index (κ1) is 11.7. The number of rotatable bonds is 2. The summed E-state index contributed by atoms with van der Waals surface area (Å²) >= 11 is 0. The standard InChI is InChI=1S/C14H20N2O2/c1-16-7-5-9-8-11(17-2)14(18-3)13-12(9)10(16)4-6-15-13/h8,10,15H,4-7H2,1-3H3. The van der Waals surface area contributed by atoms with Crippen LogP contribution in [-0.2, 0) is 6.42 Å². The van der Waals surface area contributed by atoms with Crippen molar-refractivity contribution in [3.63, 3.8) is 0 Å². The third kappa shape index (κ3) is 1.56. The predicted octanol–water partition coefficient (Wildman–Crippen LogP) is 2.05. The van der Waals surface area contributed by atoms with E-state index >= 15 is 0 Å². The molecule has 1 aromatic carbocycles. The van der Waals surface area contributed by atoms with Crippen LogP contribution in [0.1, 0.15) is 23.6 Å². The number of anilines is 1. The average Bonchev–Trinajstić information content (AvgIpc) is 2.42. The quantitative estimate of drug-likeness (QED) is 0.868. The average molecular weight is 248 g/mol. The fourth-order valence-electron chi connectivity index (χ4n) is 3.20. The second-order valence-electron chi connectivity index (χ2n) is 5.02. The van der Waals surface area contributed by atoms with E-state index in [0.29, 0.717) is 6.04 Å². The molecule has 0 radical (unpaired) electrons. The predicted molar refractivity (Wildman–Crippen MR) is 71.7 cm³/mol. The number of hydrogen-bond donors (Lipinski definition) is 1. The molecule has 18 heavy (non-hydrogen) atoms. The smallest absolute Gasteiger partial charge is 0.184 e. The number of nitrogens with zero attached hydrogens (tertiary/aromatic N) is 1. The second-order valence-corrected chi connectivity index (χ2v) is 5.02. The minimum absolute atomic E-state index is 0.518. The van der Waals surface area contributed by atoms with Gasteiger partial charge in [-0.25, -0.2) is 0 Å². The van der Waals surface area contributed by atoms with Gasteiger partial charge in [-0.05, 0) is 37.1 Å². The van der Waals surface area contributed by atoms with Crippen LogP contribution in [0.15, 0.2) is 6.07 Å². The van der Waals surface area contributed by atoms with Gasteiger partial charge in [-0.15, -0.1) is 0 Å². The molecule has 0 fully saturated rings. The second kappa shape index (κ2) is 4.35. The molecule has 2 aliphatic heterocycles. The zero-order valence-electron chi connectivity index (χ0n) is 11.2. The Morgan fingerprint density at radius 2 is 2.17 bits per heavy atom. The van der Waals surface area contributed by atoms with E-state index in [-0.39, 0.29) is 0 Å². The third-order valence-electron chi connectivity index (χ3n) is 4.11. The van der Waals surface area contributed by atoms with Crippen LogP contribution in [0.4, 0.5) is 5.69 Å². The molecule has 0 saturated heterocycles. The Kier molecular flexibility index (Phi) is 2.82. The molecule has 2 heterocycles. The largest absolute Gasteiger partial charge is 0.493 e. The molecule has 4 nitrogen and oxygen atoms in total. The molecule has 0 bridgehead atoms. The lowest BCUT2D eigenvalue weighted by atomic mass is 9.86. The third-order valence-corrected chi connectivity index (χ3v) is 4.11. The highest BCUT2D eigenvalue weighted by molar-refractivity contribution is 5.72. The molecule has 4 heteroatoms. The highest BCUT2D eigenvalue weighted by Crippen LogP contribution is 2.48. The van der Waals surface area contributed by atoms with Crippen LogP contribution in [0.3, 0.4) is 0 Å². The van der Waals surface area contributed by atoms with Crippen LogP contribution >= 0.6 is 0 Å². The molecular formula is C14H20N2O2. The van der Waals surface area contributed by atoms with Gasteiger partial charge < -0.3 is 14.8 Å². The fraction of sp³-hybridized carbons (Fsp3) is 0.571. The maximum Gasteiger partial charge on any atom is 0.184 e. The van der Waals surface area contributed by atoms with Crippen molar-refractivity contribution < 1.29 is 9.47 Å². The van der Waals surface area contributed by atoms with Gasteiger partial charge >= 0.3 is 0 Å². The fourth-order valence-corrected chi connectivity index (χ4v) is 3.20. The van der Waals surface area contributed by atoms with Crippen molar-refractivity contribution in [2.75, 3.05) is 39.7 Å². The summed E-state index contributed by atoms with van der Waals surface area (Å²) in [6, 6.07) is 2.66. The lowest BCUT2D eigenvalue weighted by molar-refractivity contribution is 0.218. The zero-order valence-corrected chi connectivity index (χ0v) is 11.2. The summed E-state index contributed by atoms with van der Waals surface area (Å²) in [6.07, 6.45) is 2.24. The SMILES string of the molecule is COc1cc2c3c(c1OC)NCCC3N(C)CC2. The minimum Gasteiger partial charge on any atom is -0.493 e. The molecule has 1 unspecified atom stereocenters. The van der Waals surface area contributed by atoms with Gasteiger partial charge in [0.05, 0.1) is 19.9 Å². The summed E-state index contributed by atoms with van der Waals surface area (Å²) in [7, 11) is 5.62. The molecule has 1 atom stereocenters. The zero-order chi connectivity index (χ0) is 12.7. The highest BCUT2D eigenvalue weighted by atomic mass is 16.5. The van der Waals surface area contributed by atoms with E-state index in [9.17, 15) is 0 Å². The van der Waals surface area contributed by atoms with Crippen LogP contribution < -0.4 is 14.8 Å². The van der Waals surface area contributed by atoms with Crippen molar-refractivity contribution in [2.45, 2.75) is 18.9 Å². The molecule has 0 spiro atoms. The summed E-state index contributed by atoms with van der Waals surface area (Å²) in [6.45, 7) is 2.11. The molecule has 3 rings (SSSR count). The monoisotopic (exact) mass is 248 g/mol. The summed E-state index contributed by atoms with van der Waals surface area (Å²) in [5, 5.41) is 3.48. The van der Waals surface area contributed by atoms with Crippen molar-refractivity contribution in [2.24, 2.45) is 0 Å². The van der Waals surface area contributed by atoms with E-state index in [4.69, 9.17) is 9.47 Å². The van der Waals surface area contributed by atoms with E-state index in [1.807, 2.05) is 0 Å². The van der Waals surface area contributed by atoms with Crippen LogP contribution in [0, 0.1) is 0 Å². The lowest BCUT2D eigenvalue weighted by Crippen LogP contribution is -2.36. The molecule has 1 N–H and O–H groups in total. The molecule has 0 aliphatic carbocycles. The van der Waals surface area contributed by atoms with E-state index in [1.54, 1.807) is 14.2 Å².